The molecule has 1 rings (SSSR count). The number of hydrogen-bond acceptors (Lipinski definition) is 4. The lowest BCUT2D eigenvalue weighted by Crippen LogP contribution is -2.04. The SMILES string of the molecule is C=C(C)C(=O)OCc1cccc([N+](=O)[O-])c1. The molecule has 0 aliphatic carbocycles. The third-order valence-corrected chi connectivity index (χ3v) is 1.84. The Morgan fingerprint density at radius 3 is 2.81 bits per heavy atom. The highest BCUT2D eigenvalue weighted by Crippen LogP contribution is 2.14. The number of non-ortho nitro benzene ring substituents is 1. The van der Waals surface area contributed by atoms with Crippen LogP contribution in [0.1, 0.15) is 12.5 Å². The second-order valence-corrected chi connectivity index (χ2v) is 3.28. The summed E-state index contributed by atoms with van der Waals surface area (Å²) in [5.74, 6) is -0.508. The molecule has 0 amide bonds. The van der Waals surface area contributed by atoms with Crippen molar-refractivity contribution in [2.24, 2.45) is 0 Å². The number of nitrogens with zero attached hydrogens (tertiary/aromatic N) is 1. The molecule has 0 fully saturated rings. The first-order chi connectivity index (χ1) is 7.50. The third kappa shape index (κ3) is 3.20. The Morgan fingerprint density at radius 2 is 2.25 bits per heavy atom. The summed E-state index contributed by atoms with van der Waals surface area (Å²) in [4.78, 5) is 21.1. The van der Waals surface area contributed by atoms with E-state index in [0.717, 1.165) is 0 Å². The van der Waals surface area contributed by atoms with Crippen molar-refractivity contribution >= 4 is 11.7 Å². The summed E-state index contributed by atoms with van der Waals surface area (Å²) in [7, 11) is 0. The van der Waals surface area contributed by atoms with Crippen LogP contribution in [0.4, 0.5) is 5.69 Å². The van der Waals surface area contributed by atoms with Crippen LogP contribution in [0.15, 0.2) is 36.4 Å². The number of carbonyl (C=O) groups excluding carboxylic acids is 1. The lowest BCUT2D eigenvalue weighted by atomic mass is 10.2. The monoisotopic (exact) mass is 221 g/mol. The van der Waals surface area contributed by atoms with Crippen molar-refractivity contribution in [3.63, 3.8) is 0 Å². The van der Waals surface area contributed by atoms with Gasteiger partial charge in [0, 0.05) is 17.7 Å². The van der Waals surface area contributed by atoms with Crippen LogP contribution in [0.25, 0.3) is 0 Å². The molecule has 0 aliphatic rings. The normalized spacial score (nSPS) is 9.56. The Kier molecular flexibility index (Phi) is 3.77. The van der Waals surface area contributed by atoms with Gasteiger partial charge in [-0.25, -0.2) is 4.79 Å². The van der Waals surface area contributed by atoms with Gasteiger partial charge in [0.05, 0.1) is 4.92 Å². The molecule has 0 unspecified atom stereocenters. The van der Waals surface area contributed by atoms with Crippen LogP contribution in [0.3, 0.4) is 0 Å². The number of nitro groups is 1. The first-order valence-electron chi connectivity index (χ1n) is 4.56. The van der Waals surface area contributed by atoms with Gasteiger partial charge in [0.2, 0.25) is 0 Å². The number of hydrogen-bond donors (Lipinski definition) is 0. The number of nitro benzene ring substituents is 1. The molecule has 0 bridgehead atoms. The molecule has 1 aromatic rings. The summed E-state index contributed by atoms with van der Waals surface area (Å²) in [5.41, 5.74) is 0.845. The van der Waals surface area contributed by atoms with Crippen molar-refractivity contribution in [2.75, 3.05) is 0 Å². The molecule has 5 heteroatoms. The fourth-order valence-electron chi connectivity index (χ4n) is 1.03. The summed E-state index contributed by atoms with van der Waals surface area (Å²) in [5, 5.41) is 10.5. The van der Waals surface area contributed by atoms with Gasteiger partial charge in [-0.2, -0.15) is 0 Å². The summed E-state index contributed by atoms with van der Waals surface area (Å²) < 4.78 is 4.86. The minimum Gasteiger partial charge on any atom is -0.457 e. The van der Waals surface area contributed by atoms with Crippen molar-refractivity contribution in [1.29, 1.82) is 0 Å². The topological polar surface area (TPSA) is 69.4 Å². The van der Waals surface area contributed by atoms with Crippen molar-refractivity contribution < 1.29 is 14.5 Å². The zero-order valence-electron chi connectivity index (χ0n) is 8.80. The molecule has 0 N–H and O–H groups in total. The van der Waals surface area contributed by atoms with Gasteiger partial charge in [-0.1, -0.05) is 18.7 Å². The van der Waals surface area contributed by atoms with E-state index in [1.807, 2.05) is 0 Å². The highest BCUT2D eigenvalue weighted by atomic mass is 16.6. The van der Waals surface area contributed by atoms with Gasteiger partial charge < -0.3 is 4.74 Å². The highest BCUT2D eigenvalue weighted by molar-refractivity contribution is 5.86. The predicted molar refractivity (Wildman–Crippen MR) is 57.7 cm³/mol. The molecule has 0 aliphatic heterocycles. The molecule has 5 nitrogen and oxygen atoms in total. The smallest absolute Gasteiger partial charge is 0.333 e. The Hall–Kier alpha value is -2.17. The minimum absolute atomic E-state index is 0.00731. The zero-order valence-corrected chi connectivity index (χ0v) is 8.80. The molecule has 0 saturated heterocycles. The fourth-order valence-corrected chi connectivity index (χ4v) is 1.03. The molecule has 0 aromatic heterocycles. The van der Waals surface area contributed by atoms with E-state index in [0.29, 0.717) is 11.1 Å². The van der Waals surface area contributed by atoms with E-state index < -0.39 is 10.9 Å². The second-order valence-electron chi connectivity index (χ2n) is 3.28. The van der Waals surface area contributed by atoms with E-state index in [4.69, 9.17) is 4.74 Å². The zero-order chi connectivity index (χ0) is 12.1. The average molecular weight is 221 g/mol. The second kappa shape index (κ2) is 5.06. The molecule has 0 atom stereocenters. The van der Waals surface area contributed by atoms with E-state index >= 15 is 0 Å². The van der Waals surface area contributed by atoms with Gasteiger partial charge in [-0.3, -0.25) is 10.1 Å². The van der Waals surface area contributed by atoms with Crippen LogP contribution in [-0.2, 0) is 16.1 Å². The van der Waals surface area contributed by atoms with Crippen LogP contribution < -0.4 is 0 Å². The number of esters is 1. The highest BCUT2D eigenvalue weighted by Gasteiger charge is 2.07. The first-order valence-corrected chi connectivity index (χ1v) is 4.56. The average Bonchev–Trinajstić information content (AvgIpc) is 2.26. The maximum Gasteiger partial charge on any atom is 0.333 e. The van der Waals surface area contributed by atoms with Gasteiger partial charge in [-0.15, -0.1) is 0 Å². The maximum atomic E-state index is 11.1. The van der Waals surface area contributed by atoms with Crippen LogP contribution in [0.5, 0.6) is 0 Å². The van der Waals surface area contributed by atoms with E-state index in [9.17, 15) is 14.9 Å². The van der Waals surface area contributed by atoms with E-state index in [1.165, 1.54) is 19.1 Å². The molecular weight excluding hydrogens is 210 g/mol. The molecule has 16 heavy (non-hydrogen) atoms. The molecule has 1 aromatic carbocycles. The minimum atomic E-state index is -0.508. The maximum absolute atomic E-state index is 11.1. The Labute approximate surface area is 92.5 Å². The number of rotatable bonds is 4. The van der Waals surface area contributed by atoms with E-state index in [2.05, 4.69) is 6.58 Å². The summed E-state index contributed by atoms with van der Waals surface area (Å²) >= 11 is 0. The van der Waals surface area contributed by atoms with Crippen molar-refractivity contribution in [3.05, 3.63) is 52.1 Å². The van der Waals surface area contributed by atoms with Gasteiger partial charge >= 0.3 is 5.97 Å². The molecule has 0 radical (unpaired) electrons. The molecule has 0 saturated carbocycles. The van der Waals surface area contributed by atoms with Gasteiger partial charge in [0.1, 0.15) is 6.61 Å². The Balaban J connectivity index is 2.68. The van der Waals surface area contributed by atoms with Crippen LogP contribution >= 0.6 is 0 Å². The Morgan fingerprint density at radius 1 is 1.56 bits per heavy atom. The van der Waals surface area contributed by atoms with Crippen LogP contribution in [0.2, 0.25) is 0 Å². The third-order valence-electron chi connectivity index (χ3n) is 1.84. The van der Waals surface area contributed by atoms with Crippen LogP contribution in [-0.4, -0.2) is 10.9 Å². The molecular formula is C11H11NO4. The standard InChI is InChI=1S/C11H11NO4/c1-8(2)11(13)16-7-9-4-3-5-10(6-9)12(14)15/h3-6H,1,7H2,2H3. The van der Waals surface area contributed by atoms with Crippen molar-refractivity contribution in [2.45, 2.75) is 13.5 Å². The van der Waals surface area contributed by atoms with Crippen LogP contribution in [0, 0.1) is 10.1 Å². The number of carbonyl (C=O) groups is 1. The molecule has 84 valence electrons. The van der Waals surface area contributed by atoms with E-state index in [1.54, 1.807) is 12.1 Å². The number of ether oxygens (including phenoxy) is 1. The fraction of sp³-hybridized carbons (Fsp3) is 0.182. The summed E-state index contributed by atoms with van der Waals surface area (Å²) in [6, 6.07) is 5.94. The predicted octanol–water partition coefficient (Wildman–Crippen LogP) is 2.21. The van der Waals surface area contributed by atoms with Gasteiger partial charge in [0.25, 0.3) is 5.69 Å². The number of benzene rings is 1. The van der Waals surface area contributed by atoms with Gasteiger partial charge in [0.15, 0.2) is 0 Å². The lowest BCUT2D eigenvalue weighted by molar-refractivity contribution is -0.384. The Bertz CT molecular complexity index is 439. The largest absolute Gasteiger partial charge is 0.457 e. The summed E-state index contributed by atoms with van der Waals surface area (Å²) in [6.45, 7) is 4.98. The molecule has 0 heterocycles. The van der Waals surface area contributed by atoms with Crippen molar-refractivity contribution in [3.8, 4) is 0 Å². The summed E-state index contributed by atoms with van der Waals surface area (Å²) in [6.07, 6.45) is 0. The van der Waals surface area contributed by atoms with E-state index in [-0.39, 0.29) is 12.3 Å². The first kappa shape index (κ1) is 11.9. The lowest BCUT2D eigenvalue weighted by Gasteiger charge is -2.03. The van der Waals surface area contributed by atoms with Crippen molar-refractivity contribution in [1.82, 2.24) is 0 Å². The molecule has 0 spiro atoms. The van der Waals surface area contributed by atoms with Gasteiger partial charge in [-0.05, 0) is 12.5 Å². The quantitative estimate of drug-likeness (QED) is 0.338.